The zero-order valence-corrected chi connectivity index (χ0v) is 23.4. The highest BCUT2D eigenvalue weighted by Gasteiger charge is 2.48. The molecule has 0 N–H and O–H groups in total. The van der Waals surface area contributed by atoms with Gasteiger partial charge in [-0.2, -0.15) is 4.39 Å². The minimum Gasteiger partial charge on any atom is -0.405 e. The number of hydrogen-bond donors (Lipinski definition) is 0. The molecule has 0 spiro atoms. The van der Waals surface area contributed by atoms with Gasteiger partial charge in [0.2, 0.25) is 11.8 Å². The highest BCUT2D eigenvalue weighted by Crippen LogP contribution is 2.47. The maximum atomic E-state index is 14.0. The lowest BCUT2D eigenvalue weighted by Gasteiger charge is -2.34. The van der Waals surface area contributed by atoms with Crippen LogP contribution in [0.25, 0.3) is 0 Å². The smallest absolute Gasteiger partial charge is 0.405 e. The lowest BCUT2D eigenvalue weighted by atomic mass is 9.93. The Labute approximate surface area is 237 Å². The van der Waals surface area contributed by atoms with Gasteiger partial charge in [-0.25, -0.2) is 9.78 Å². The molecule has 5 rings (SSSR count). The fourth-order valence-electron chi connectivity index (χ4n) is 5.55. The number of pyridine rings is 1. The molecule has 11 heteroatoms. The van der Waals surface area contributed by atoms with E-state index in [0.717, 1.165) is 18.4 Å². The first-order chi connectivity index (χ1) is 18.6. The summed E-state index contributed by atoms with van der Waals surface area (Å²) < 4.78 is 19.3. The molecule has 3 amide bonds. The summed E-state index contributed by atoms with van der Waals surface area (Å²) in [7, 11) is 1.57. The van der Waals surface area contributed by atoms with Gasteiger partial charge in [0.05, 0.1) is 16.1 Å². The minimum absolute atomic E-state index is 0.00682. The molecule has 208 valence electrons. The molecule has 2 saturated heterocycles. The maximum absolute atomic E-state index is 14.0. The van der Waals surface area contributed by atoms with E-state index >= 15 is 0 Å². The van der Waals surface area contributed by atoms with Crippen molar-refractivity contribution < 1.29 is 23.5 Å². The number of carbonyl (C=O) groups excluding carboxylic acids is 3. The van der Waals surface area contributed by atoms with Gasteiger partial charge >= 0.3 is 6.09 Å². The van der Waals surface area contributed by atoms with Gasteiger partial charge in [-0.3, -0.25) is 9.59 Å². The van der Waals surface area contributed by atoms with Crippen LogP contribution in [0.1, 0.15) is 44.1 Å². The summed E-state index contributed by atoms with van der Waals surface area (Å²) in [4.78, 5) is 48.0. The molecule has 3 fully saturated rings. The first-order valence-electron chi connectivity index (χ1n) is 13.2. The van der Waals surface area contributed by atoms with Crippen LogP contribution in [-0.2, 0) is 9.59 Å². The predicted molar refractivity (Wildman–Crippen MR) is 144 cm³/mol. The van der Waals surface area contributed by atoms with E-state index in [-0.39, 0.29) is 41.4 Å². The molecule has 39 heavy (non-hydrogen) atoms. The standard InChI is InChI=1S/C28H31Cl2FN4O4/c1-28(9-10-28)26(37)34-12-7-17(8-13-34)25(36)35-15-19(18-5-6-20(29)21(30)14-18)22(16-35)33(2)27(38)39-23-4-3-11-32-24(23)31/h3-6,11,14,17,19,22H,7-10,12-13,15-16H2,1-2H3. The van der Waals surface area contributed by atoms with Gasteiger partial charge in [0.25, 0.3) is 5.95 Å². The monoisotopic (exact) mass is 576 g/mol. The number of carbonyl (C=O) groups is 3. The maximum Gasteiger partial charge on any atom is 0.415 e. The normalized spacial score (nSPS) is 22.5. The average Bonchev–Trinajstić information content (AvgIpc) is 3.53. The van der Waals surface area contributed by atoms with E-state index in [1.54, 1.807) is 24.1 Å². The number of aromatic nitrogens is 1. The Kier molecular flexibility index (Phi) is 7.75. The number of hydrogen-bond acceptors (Lipinski definition) is 5. The summed E-state index contributed by atoms with van der Waals surface area (Å²) in [5, 5.41) is 0.783. The Morgan fingerprint density at radius 1 is 1.08 bits per heavy atom. The van der Waals surface area contributed by atoms with Crippen molar-refractivity contribution in [2.24, 2.45) is 11.3 Å². The van der Waals surface area contributed by atoms with Crippen molar-refractivity contribution in [2.45, 2.75) is 44.6 Å². The Morgan fingerprint density at radius 2 is 1.79 bits per heavy atom. The molecule has 2 aromatic rings. The van der Waals surface area contributed by atoms with Gasteiger partial charge in [-0.1, -0.05) is 36.2 Å². The van der Waals surface area contributed by atoms with Crippen LogP contribution in [0.2, 0.25) is 10.0 Å². The molecular weight excluding hydrogens is 546 g/mol. The molecule has 1 aromatic heterocycles. The summed E-state index contributed by atoms with van der Waals surface area (Å²) in [6.45, 7) is 3.80. The topological polar surface area (TPSA) is 83.1 Å². The second-order valence-corrected chi connectivity index (χ2v) is 11.8. The molecule has 0 radical (unpaired) electrons. The quantitative estimate of drug-likeness (QED) is 0.468. The Hall–Kier alpha value is -2.91. The Bertz CT molecular complexity index is 1280. The van der Waals surface area contributed by atoms with E-state index in [1.807, 2.05) is 17.9 Å². The molecule has 8 nitrogen and oxygen atoms in total. The van der Waals surface area contributed by atoms with Crippen LogP contribution < -0.4 is 4.74 Å². The van der Waals surface area contributed by atoms with Gasteiger partial charge in [0, 0.05) is 56.7 Å². The number of nitrogens with zero attached hydrogens (tertiary/aromatic N) is 4. The van der Waals surface area contributed by atoms with Crippen LogP contribution >= 0.6 is 23.2 Å². The zero-order chi connectivity index (χ0) is 27.9. The van der Waals surface area contributed by atoms with Gasteiger partial charge in [0.1, 0.15) is 0 Å². The number of benzene rings is 1. The first-order valence-corrected chi connectivity index (χ1v) is 13.9. The zero-order valence-electron chi connectivity index (χ0n) is 21.9. The van der Waals surface area contributed by atoms with E-state index in [2.05, 4.69) is 4.98 Å². The fraction of sp³-hybridized carbons (Fsp3) is 0.500. The van der Waals surface area contributed by atoms with Gasteiger partial charge < -0.3 is 19.4 Å². The number of likely N-dealkylation sites (N-methyl/N-ethyl adjacent to an activating group) is 1. The number of likely N-dealkylation sites (tertiary alicyclic amines) is 2. The summed E-state index contributed by atoms with van der Waals surface area (Å²) in [6.07, 6.45) is 3.59. The SMILES string of the molecule is CN(C(=O)Oc1cccnc1F)C1CN(C(=O)C2CCN(C(=O)C3(C)CC3)CC2)CC1c1ccc(Cl)c(Cl)c1. The number of piperidine rings is 1. The average molecular weight is 577 g/mol. The lowest BCUT2D eigenvalue weighted by molar-refractivity contribution is -0.142. The number of amides is 3. The second kappa shape index (κ2) is 10.9. The van der Waals surface area contributed by atoms with Crippen molar-refractivity contribution in [3.8, 4) is 5.75 Å². The van der Waals surface area contributed by atoms with Crippen LogP contribution in [-0.4, -0.2) is 76.9 Å². The summed E-state index contributed by atoms with van der Waals surface area (Å²) >= 11 is 12.4. The number of rotatable bonds is 5. The Morgan fingerprint density at radius 3 is 2.44 bits per heavy atom. The summed E-state index contributed by atoms with van der Waals surface area (Å²) in [5.74, 6) is -1.42. The molecule has 2 unspecified atom stereocenters. The summed E-state index contributed by atoms with van der Waals surface area (Å²) in [5.41, 5.74) is 0.610. The Balaban J connectivity index is 1.31. The van der Waals surface area contributed by atoms with Crippen LogP contribution in [0, 0.1) is 17.3 Å². The molecule has 0 bridgehead atoms. The van der Waals surface area contributed by atoms with Gasteiger partial charge in [-0.15, -0.1) is 0 Å². The largest absolute Gasteiger partial charge is 0.415 e. The van der Waals surface area contributed by atoms with Crippen molar-refractivity contribution in [1.29, 1.82) is 0 Å². The van der Waals surface area contributed by atoms with Gasteiger partial charge in [0.15, 0.2) is 5.75 Å². The molecule has 2 aliphatic heterocycles. The van der Waals surface area contributed by atoms with E-state index in [1.165, 1.54) is 23.2 Å². The third-order valence-corrected chi connectivity index (χ3v) is 9.07. The first kappa shape index (κ1) is 27.6. The van der Waals surface area contributed by atoms with E-state index in [4.69, 9.17) is 27.9 Å². The minimum atomic E-state index is -0.885. The van der Waals surface area contributed by atoms with Crippen molar-refractivity contribution in [2.75, 3.05) is 33.2 Å². The van der Waals surface area contributed by atoms with E-state index < -0.39 is 18.1 Å². The third-order valence-electron chi connectivity index (χ3n) is 8.33. The van der Waals surface area contributed by atoms with E-state index in [0.29, 0.717) is 42.5 Å². The molecule has 3 aliphatic rings. The van der Waals surface area contributed by atoms with Crippen LogP contribution in [0.15, 0.2) is 36.5 Å². The van der Waals surface area contributed by atoms with Crippen molar-refractivity contribution >= 4 is 41.1 Å². The second-order valence-electron chi connectivity index (χ2n) is 11.0. The van der Waals surface area contributed by atoms with E-state index in [9.17, 15) is 18.8 Å². The molecule has 2 atom stereocenters. The molecule has 1 saturated carbocycles. The molecule has 3 heterocycles. The fourth-order valence-corrected chi connectivity index (χ4v) is 5.86. The van der Waals surface area contributed by atoms with Crippen molar-refractivity contribution in [1.82, 2.24) is 19.7 Å². The number of ether oxygens (including phenoxy) is 1. The van der Waals surface area contributed by atoms with Crippen LogP contribution in [0.5, 0.6) is 5.75 Å². The lowest BCUT2D eigenvalue weighted by Crippen LogP contribution is -2.46. The predicted octanol–water partition coefficient (Wildman–Crippen LogP) is 4.99. The van der Waals surface area contributed by atoms with Crippen LogP contribution in [0.4, 0.5) is 9.18 Å². The highest BCUT2D eigenvalue weighted by atomic mass is 35.5. The van der Waals surface area contributed by atoms with Gasteiger partial charge in [-0.05, 0) is 55.5 Å². The van der Waals surface area contributed by atoms with Crippen molar-refractivity contribution in [3.05, 3.63) is 58.1 Å². The molecule has 1 aliphatic carbocycles. The third kappa shape index (κ3) is 5.70. The number of halogens is 3. The molecule has 1 aromatic carbocycles. The summed E-state index contributed by atoms with van der Waals surface area (Å²) in [6, 6.07) is 7.63. The van der Waals surface area contributed by atoms with Crippen molar-refractivity contribution in [3.63, 3.8) is 0 Å². The van der Waals surface area contributed by atoms with Crippen LogP contribution in [0.3, 0.4) is 0 Å². The molecular formula is C28H31Cl2FN4O4. The highest BCUT2D eigenvalue weighted by molar-refractivity contribution is 6.42.